The van der Waals surface area contributed by atoms with Crippen molar-refractivity contribution in [3.63, 3.8) is 0 Å². The van der Waals surface area contributed by atoms with Crippen molar-refractivity contribution in [1.82, 2.24) is 4.83 Å². The topological polar surface area (TPSA) is 80.9 Å². The molecule has 8 heteroatoms. The summed E-state index contributed by atoms with van der Waals surface area (Å²) in [6, 6.07) is 16.7. The van der Waals surface area contributed by atoms with Gasteiger partial charge in [0.15, 0.2) is 0 Å². The zero-order valence-corrected chi connectivity index (χ0v) is 16.0. The molecule has 0 saturated carbocycles. The summed E-state index contributed by atoms with van der Waals surface area (Å²) in [4.78, 5) is 2.24. The fraction of sp³-hybridized carbons (Fsp3) is 0.105. The Kier molecular flexibility index (Phi) is 5.83. The molecule has 2 aromatic carbocycles. The first-order valence-electron chi connectivity index (χ1n) is 8.11. The molecule has 0 amide bonds. The Morgan fingerprint density at radius 1 is 1.15 bits per heavy atom. The lowest BCUT2D eigenvalue weighted by molar-refractivity contribution is 0.340. The van der Waals surface area contributed by atoms with Crippen LogP contribution in [0.15, 0.2) is 75.1 Å². The van der Waals surface area contributed by atoms with Gasteiger partial charge in [0, 0.05) is 10.6 Å². The van der Waals surface area contributed by atoms with Crippen molar-refractivity contribution in [2.24, 2.45) is 5.10 Å². The first kappa shape index (κ1) is 19.0. The standard InChI is InChI=1S/C19H17ClN2O4S/c1-2-25-16-6-9-18(10-7-16)27(23,24)22-21-13-17-8-11-19(26-17)14-4-3-5-15(20)12-14/h3-13,22H,2H2,1H3/b21-13-. The molecular weight excluding hydrogens is 388 g/mol. The molecule has 0 spiro atoms. The number of hydrazone groups is 1. The Morgan fingerprint density at radius 3 is 2.63 bits per heavy atom. The molecule has 0 saturated heterocycles. The van der Waals surface area contributed by atoms with Crippen LogP contribution < -0.4 is 9.57 Å². The van der Waals surface area contributed by atoms with Crippen LogP contribution in [-0.4, -0.2) is 21.2 Å². The molecule has 0 aliphatic heterocycles. The predicted octanol–water partition coefficient (Wildman–Crippen LogP) is 4.31. The predicted molar refractivity (Wildman–Crippen MR) is 105 cm³/mol. The van der Waals surface area contributed by atoms with Gasteiger partial charge in [0.25, 0.3) is 10.0 Å². The van der Waals surface area contributed by atoms with Crippen LogP contribution in [0.1, 0.15) is 12.7 Å². The van der Waals surface area contributed by atoms with Gasteiger partial charge in [-0.3, -0.25) is 0 Å². The van der Waals surface area contributed by atoms with Gasteiger partial charge in [0.2, 0.25) is 0 Å². The third-order valence-electron chi connectivity index (χ3n) is 3.55. The molecule has 1 heterocycles. The molecule has 0 radical (unpaired) electrons. The number of rotatable bonds is 7. The molecule has 3 aromatic rings. The highest BCUT2D eigenvalue weighted by molar-refractivity contribution is 7.89. The molecule has 1 N–H and O–H groups in total. The molecule has 0 aliphatic carbocycles. The minimum Gasteiger partial charge on any atom is -0.494 e. The van der Waals surface area contributed by atoms with E-state index in [1.807, 2.05) is 19.1 Å². The first-order valence-corrected chi connectivity index (χ1v) is 9.97. The van der Waals surface area contributed by atoms with E-state index in [9.17, 15) is 8.42 Å². The third kappa shape index (κ3) is 4.90. The Hall–Kier alpha value is -2.77. The van der Waals surface area contributed by atoms with Gasteiger partial charge < -0.3 is 9.15 Å². The number of sulfonamides is 1. The van der Waals surface area contributed by atoms with Gasteiger partial charge in [-0.25, -0.2) is 0 Å². The fourth-order valence-corrected chi connectivity index (χ4v) is 3.29. The van der Waals surface area contributed by atoms with E-state index < -0.39 is 10.0 Å². The average Bonchev–Trinajstić information content (AvgIpc) is 3.11. The fourth-order valence-electron chi connectivity index (χ4n) is 2.31. The van der Waals surface area contributed by atoms with Crippen molar-refractivity contribution in [2.75, 3.05) is 6.61 Å². The highest BCUT2D eigenvalue weighted by atomic mass is 35.5. The number of benzene rings is 2. The Balaban J connectivity index is 1.68. The third-order valence-corrected chi connectivity index (χ3v) is 5.02. The molecule has 3 rings (SSSR count). The van der Waals surface area contributed by atoms with Gasteiger partial charge in [-0.05, 0) is 55.5 Å². The summed E-state index contributed by atoms with van der Waals surface area (Å²) in [5, 5.41) is 4.36. The lowest BCUT2D eigenvalue weighted by atomic mass is 10.2. The van der Waals surface area contributed by atoms with Crippen LogP contribution in [0.3, 0.4) is 0 Å². The minimum atomic E-state index is -3.78. The van der Waals surface area contributed by atoms with Crippen molar-refractivity contribution in [3.05, 3.63) is 71.4 Å². The van der Waals surface area contributed by atoms with Crippen LogP contribution in [0.2, 0.25) is 5.02 Å². The zero-order chi connectivity index (χ0) is 19.3. The highest BCUT2D eigenvalue weighted by Gasteiger charge is 2.12. The minimum absolute atomic E-state index is 0.0853. The molecule has 27 heavy (non-hydrogen) atoms. The number of halogens is 1. The molecule has 0 aliphatic rings. The van der Waals surface area contributed by atoms with Gasteiger partial charge in [0.05, 0.1) is 17.7 Å². The molecular formula is C19H17ClN2O4S. The summed E-state index contributed by atoms with van der Waals surface area (Å²) in [6.45, 7) is 2.36. The zero-order valence-electron chi connectivity index (χ0n) is 14.4. The van der Waals surface area contributed by atoms with E-state index in [1.165, 1.54) is 18.3 Å². The number of hydrogen-bond donors (Lipinski definition) is 1. The smallest absolute Gasteiger partial charge is 0.276 e. The van der Waals surface area contributed by atoms with Crippen LogP contribution >= 0.6 is 11.6 Å². The lowest BCUT2D eigenvalue weighted by Crippen LogP contribution is -2.18. The van der Waals surface area contributed by atoms with Crippen LogP contribution in [0.4, 0.5) is 0 Å². The molecule has 0 unspecified atom stereocenters. The second-order valence-electron chi connectivity index (χ2n) is 5.47. The van der Waals surface area contributed by atoms with Crippen molar-refractivity contribution in [3.8, 4) is 17.1 Å². The van der Waals surface area contributed by atoms with Crippen molar-refractivity contribution >= 4 is 27.8 Å². The Bertz CT molecular complexity index is 1040. The Morgan fingerprint density at radius 2 is 1.93 bits per heavy atom. The second-order valence-corrected chi connectivity index (χ2v) is 7.57. The molecule has 6 nitrogen and oxygen atoms in total. The number of nitrogens with one attached hydrogen (secondary N) is 1. The van der Waals surface area contributed by atoms with E-state index in [1.54, 1.807) is 36.4 Å². The number of hydrogen-bond acceptors (Lipinski definition) is 5. The summed E-state index contributed by atoms with van der Waals surface area (Å²) in [5.41, 5.74) is 0.817. The second kappa shape index (κ2) is 8.28. The van der Waals surface area contributed by atoms with E-state index in [4.69, 9.17) is 20.8 Å². The maximum absolute atomic E-state index is 12.2. The van der Waals surface area contributed by atoms with Crippen molar-refractivity contribution < 1.29 is 17.6 Å². The van der Waals surface area contributed by atoms with E-state index in [0.29, 0.717) is 28.9 Å². The summed E-state index contributed by atoms with van der Waals surface area (Å²) in [5.74, 6) is 1.61. The summed E-state index contributed by atoms with van der Waals surface area (Å²) in [7, 11) is -3.78. The van der Waals surface area contributed by atoms with Gasteiger partial charge in [-0.15, -0.1) is 0 Å². The number of nitrogens with zero attached hydrogens (tertiary/aromatic N) is 1. The average molecular weight is 405 g/mol. The molecule has 0 atom stereocenters. The molecule has 140 valence electrons. The van der Waals surface area contributed by atoms with Crippen LogP contribution in [0, 0.1) is 0 Å². The van der Waals surface area contributed by atoms with Gasteiger partial charge in [0.1, 0.15) is 17.3 Å². The molecule has 0 bridgehead atoms. The number of furan rings is 1. The normalized spacial score (nSPS) is 11.6. The first-order chi connectivity index (χ1) is 13.0. The van der Waals surface area contributed by atoms with Crippen LogP contribution in [0.25, 0.3) is 11.3 Å². The quantitative estimate of drug-likeness (QED) is 0.470. The maximum atomic E-state index is 12.2. The van der Waals surface area contributed by atoms with Gasteiger partial charge >= 0.3 is 0 Å². The van der Waals surface area contributed by atoms with Crippen LogP contribution in [0.5, 0.6) is 5.75 Å². The summed E-state index contributed by atoms with van der Waals surface area (Å²) < 4.78 is 35.4. The molecule has 1 aromatic heterocycles. The van der Waals surface area contributed by atoms with E-state index >= 15 is 0 Å². The van der Waals surface area contributed by atoms with Gasteiger partial charge in [-0.2, -0.15) is 18.4 Å². The number of ether oxygens (including phenoxy) is 1. The van der Waals surface area contributed by atoms with E-state index in [2.05, 4.69) is 9.93 Å². The van der Waals surface area contributed by atoms with E-state index in [-0.39, 0.29) is 4.90 Å². The van der Waals surface area contributed by atoms with Crippen molar-refractivity contribution in [2.45, 2.75) is 11.8 Å². The molecule has 0 fully saturated rings. The summed E-state index contributed by atoms with van der Waals surface area (Å²) in [6.07, 6.45) is 1.29. The van der Waals surface area contributed by atoms with Gasteiger partial charge in [-0.1, -0.05) is 23.7 Å². The lowest BCUT2D eigenvalue weighted by Gasteiger charge is -2.05. The Labute approximate surface area is 162 Å². The summed E-state index contributed by atoms with van der Waals surface area (Å²) >= 11 is 5.97. The van der Waals surface area contributed by atoms with Crippen LogP contribution in [-0.2, 0) is 10.0 Å². The van der Waals surface area contributed by atoms with E-state index in [0.717, 1.165) is 5.56 Å². The largest absolute Gasteiger partial charge is 0.494 e. The monoisotopic (exact) mass is 404 g/mol. The highest BCUT2D eigenvalue weighted by Crippen LogP contribution is 2.24. The SMILES string of the molecule is CCOc1ccc(S(=O)(=O)N/N=C\c2ccc(-c3cccc(Cl)c3)o2)cc1. The maximum Gasteiger partial charge on any atom is 0.276 e. The van der Waals surface area contributed by atoms with Crippen molar-refractivity contribution in [1.29, 1.82) is 0 Å².